The van der Waals surface area contributed by atoms with Crippen molar-refractivity contribution in [1.29, 1.82) is 0 Å². The number of carbonyl (C=O) groups is 1. The third kappa shape index (κ3) is 4.09. The van der Waals surface area contributed by atoms with Crippen molar-refractivity contribution in [2.45, 2.75) is 6.18 Å². The maximum Gasteiger partial charge on any atom is 0.416 e. The summed E-state index contributed by atoms with van der Waals surface area (Å²) < 4.78 is 65.8. The van der Waals surface area contributed by atoms with Crippen LogP contribution >= 0.6 is 22.9 Å². The maximum atomic E-state index is 13.6. The summed E-state index contributed by atoms with van der Waals surface area (Å²) in [5.74, 6) is -2.78. The van der Waals surface area contributed by atoms with Crippen LogP contribution in [-0.4, -0.2) is 10.9 Å². The number of rotatable bonds is 3. The number of amides is 1. The van der Waals surface area contributed by atoms with Crippen molar-refractivity contribution in [3.05, 3.63) is 69.7 Å². The lowest BCUT2D eigenvalue weighted by molar-refractivity contribution is -0.137. The van der Waals surface area contributed by atoms with Gasteiger partial charge in [-0.1, -0.05) is 17.7 Å². The first kappa shape index (κ1) is 19.2. The average molecular weight is 419 g/mol. The Morgan fingerprint density at radius 1 is 1.11 bits per heavy atom. The van der Waals surface area contributed by atoms with Crippen molar-refractivity contribution in [3.63, 3.8) is 0 Å². The number of carbonyl (C=O) groups excluding carboxylic acids is 1. The Morgan fingerprint density at radius 2 is 1.78 bits per heavy atom. The number of nitrogens with zero attached hydrogens (tertiary/aromatic N) is 1. The fourth-order valence-electron chi connectivity index (χ4n) is 2.16. The molecule has 0 saturated heterocycles. The predicted octanol–water partition coefficient (Wildman–Crippen LogP) is 6.01. The topological polar surface area (TPSA) is 42.0 Å². The van der Waals surface area contributed by atoms with E-state index in [2.05, 4.69) is 10.3 Å². The van der Waals surface area contributed by atoms with Crippen LogP contribution in [-0.2, 0) is 6.18 Å². The number of hydrogen-bond acceptors (Lipinski definition) is 3. The summed E-state index contributed by atoms with van der Waals surface area (Å²) in [7, 11) is 0. The number of anilines is 1. The normalized spacial score (nSPS) is 11.5. The first-order chi connectivity index (χ1) is 12.7. The highest BCUT2D eigenvalue weighted by Crippen LogP contribution is 2.37. The molecule has 1 aromatic heterocycles. The highest BCUT2D eigenvalue weighted by molar-refractivity contribution is 7.17. The summed E-state index contributed by atoms with van der Waals surface area (Å²) in [6.45, 7) is 0. The van der Waals surface area contributed by atoms with E-state index in [1.165, 1.54) is 0 Å². The molecule has 0 atom stereocenters. The van der Waals surface area contributed by atoms with Crippen molar-refractivity contribution in [1.82, 2.24) is 4.98 Å². The van der Waals surface area contributed by atoms with Crippen LogP contribution in [0.4, 0.5) is 27.6 Å². The quantitative estimate of drug-likeness (QED) is 0.529. The Hall–Kier alpha value is -2.52. The Kier molecular flexibility index (Phi) is 5.16. The van der Waals surface area contributed by atoms with Crippen molar-refractivity contribution in [3.8, 4) is 10.6 Å². The van der Waals surface area contributed by atoms with E-state index >= 15 is 0 Å². The first-order valence-corrected chi connectivity index (χ1v) is 8.44. The van der Waals surface area contributed by atoms with E-state index in [0.29, 0.717) is 0 Å². The Bertz CT molecular complexity index is 999. The fourth-order valence-corrected chi connectivity index (χ4v) is 3.27. The molecule has 140 valence electrons. The average Bonchev–Trinajstić information content (AvgIpc) is 3.07. The van der Waals surface area contributed by atoms with Gasteiger partial charge in [0, 0.05) is 5.56 Å². The van der Waals surface area contributed by atoms with Crippen LogP contribution in [0.1, 0.15) is 15.2 Å². The van der Waals surface area contributed by atoms with Crippen molar-refractivity contribution in [2.24, 2.45) is 0 Å². The molecule has 0 spiro atoms. The molecule has 10 heteroatoms. The van der Waals surface area contributed by atoms with E-state index in [1.54, 1.807) is 0 Å². The van der Waals surface area contributed by atoms with Gasteiger partial charge in [0.15, 0.2) is 0 Å². The summed E-state index contributed by atoms with van der Waals surface area (Å²) in [5.41, 5.74) is -1.56. The second-order valence-electron chi connectivity index (χ2n) is 5.27. The van der Waals surface area contributed by atoms with Gasteiger partial charge >= 0.3 is 6.18 Å². The van der Waals surface area contributed by atoms with Gasteiger partial charge in [0.1, 0.15) is 27.2 Å². The molecular weight excluding hydrogens is 411 g/mol. The van der Waals surface area contributed by atoms with Gasteiger partial charge in [0.05, 0.1) is 16.8 Å². The largest absolute Gasteiger partial charge is 0.416 e. The molecule has 1 amide bonds. The highest BCUT2D eigenvalue weighted by atomic mass is 35.5. The molecular formula is C17H8ClF5N2OS. The monoisotopic (exact) mass is 418 g/mol. The summed E-state index contributed by atoms with van der Waals surface area (Å²) in [6, 6.07) is 5.81. The molecule has 0 fully saturated rings. The van der Waals surface area contributed by atoms with Crippen LogP contribution in [0.15, 0.2) is 42.6 Å². The number of nitrogens with one attached hydrogen (secondary N) is 1. The van der Waals surface area contributed by atoms with E-state index in [4.69, 9.17) is 11.6 Å². The molecule has 1 N–H and O–H groups in total. The van der Waals surface area contributed by atoms with Crippen LogP contribution < -0.4 is 5.32 Å². The van der Waals surface area contributed by atoms with Crippen LogP contribution in [0.25, 0.3) is 10.6 Å². The number of halogens is 6. The molecule has 3 aromatic rings. The molecule has 0 aliphatic rings. The number of benzene rings is 2. The zero-order chi connectivity index (χ0) is 19.8. The van der Waals surface area contributed by atoms with Crippen molar-refractivity contribution < 1.29 is 26.7 Å². The van der Waals surface area contributed by atoms with E-state index in [-0.39, 0.29) is 20.5 Å². The molecule has 3 nitrogen and oxygen atoms in total. The lowest BCUT2D eigenvalue weighted by atomic mass is 10.1. The van der Waals surface area contributed by atoms with Crippen molar-refractivity contribution in [2.75, 3.05) is 5.32 Å². The van der Waals surface area contributed by atoms with E-state index in [0.717, 1.165) is 53.9 Å². The minimum Gasteiger partial charge on any atom is -0.316 e. The molecule has 27 heavy (non-hydrogen) atoms. The number of thiazole rings is 1. The number of hydrogen-bond donors (Lipinski definition) is 1. The molecule has 2 aromatic carbocycles. The van der Waals surface area contributed by atoms with Crippen LogP contribution in [0.2, 0.25) is 5.02 Å². The second-order valence-corrected chi connectivity index (χ2v) is 6.71. The minimum absolute atomic E-state index is 0.00684. The Morgan fingerprint density at radius 3 is 2.41 bits per heavy atom. The lowest BCUT2D eigenvalue weighted by Crippen LogP contribution is -2.12. The predicted molar refractivity (Wildman–Crippen MR) is 91.9 cm³/mol. The molecule has 0 radical (unpaired) electrons. The van der Waals surface area contributed by atoms with Gasteiger partial charge in [-0.25, -0.2) is 13.8 Å². The van der Waals surface area contributed by atoms with Crippen molar-refractivity contribution >= 4 is 34.5 Å². The third-order valence-corrected chi connectivity index (χ3v) is 4.81. The number of alkyl halides is 3. The van der Waals surface area contributed by atoms with Crippen LogP contribution in [0.5, 0.6) is 0 Å². The zero-order valence-corrected chi connectivity index (χ0v) is 14.6. The minimum atomic E-state index is -4.57. The summed E-state index contributed by atoms with van der Waals surface area (Å²) in [6.07, 6.45) is -3.48. The fraction of sp³-hybridized carbons (Fsp3) is 0.0588. The standard InChI is InChI=1S/C17H8ClF5N2OS/c18-10-5-4-8(17(21,22)23)6-9(10)16-24-7-13(27-16)15(26)25-14-11(19)2-1-3-12(14)20/h1-7H,(H,25,26). The van der Waals surface area contributed by atoms with Gasteiger partial charge in [-0.05, 0) is 30.3 Å². The van der Waals surface area contributed by atoms with E-state index < -0.39 is 35.0 Å². The lowest BCUT2D eigenvalue weighted by Gasteiger charge is -2.09. The SMILES string of the molecule is O=C(Nc1c(F)cccc1F)c1cnc(-c2cc(C(F)(F)F)ccc2Cl)s1. The molecule has 0 unspecified atom stereocenters. The van der Waals surface area contributed by atoms with Gasteiger partial charge in [0.25, 0.3) is 5.91 Å². The molecule has 0 bridgehead atoms. The first-order valence-electron chi connectivity index (χ1n) is 7.25. The molecule has 0 aliphatic carbocycles. The van der Waals surface area contributed by atoms with Gasteiger partial charge in [-0.2, -0.15) is 13.2 Å². The molecule has 0 aliphatic heterocycles. The molecule has 1 heterocycles. The smallest absolute Gasteiger partial charge is 0.316 e. The maximum absolute atomic E-state index is 13.6. The summed E-state index contributed by atoms with van der Waals surface area (Å²) in [4.78, 5) is 16.0. The third-order valence-electron chi connectivity index (χ3n) is 3.45. The number of aromatic nitrogens is 1. The highest BCUT2D eigenvalue weighted by Gasteiger charge is 2.31. The number of para-hydroxylation sites is 1. The molecule has 0 saturated carbocycles. The molecule has 3 rings (SSSR count). The zero-order valence-electron chi connectivity index (χ0n) is 13.1. The van der Waals surface area contributed by atoms with Gasteiger partial charge < -0.3 is 5.32 Å². The van der Waals surface area contributed by atoms with Gasteiger partial charge in [0.2, 0.25) is 0 Å². The summed E-state index contributed by atoms with van der Waals surface area (Å²) in [5, 5.41) is 2.16. The Balaban J connectivity index is 1.90. The van der Waals surface area contributed by atoms with Gasteiger partial charge in [-0.15, -0.1) is 11.3 Å². The van der Waals surface area contributed by atoms with Crippen LogP contribution in [0.3, 0.4) is 0 Å². The summed E-state index contributed by atoms with van der Waals surface area (Å²) >= 11 is 6.68. The van der Waals surface area contributed by atoms with Crippen LogP contribution in [0, 0.1) is 11.6 Å². The second kappa shape index (κ2) is 7.24. The van der Waals surface area contributed by atoms with E-state index in [9.17, 15) is 26.7 Å². The Labute approximate surface area is 158 Å². The van der Waals surface area contributed by atoms with Gasteiger partial charge in [-0.3, -0.25) is 4.79 Å². The van der Waals surface area contributed by atoms with E-state index in [1.807, 2.05) is 0 Å².